The Morgan fingerprint density at radius 2 is 2.37 bits per heavy atom. The van der Waals surface area contributed by atoms with Gasteiger partial charge in [0.2, 0.25) is 0 Å². The molecule has 1 amide bonds. The van der Waals surface area contributed by atoms with E-state index in [-0.39, 0.29) is 17.6 Å². The number of hydrogen-bond acceptors (Lipinski definition) is 3. The number of rotatable bonds is 2. The number of nitrogens with zero attached hydrogens (tertiary/aromatic N) is 2. The molecule has 104 valence electrons. The number of carbonyl (C=O) groups excluding carboxylic acids is 1. The van der Waals surface area contributed by atoms with Gasteiger partial charge in [-0.25, -0.2) is 4.39 Å². The minimum Gasteiger partial charge on any atom is -0.367 e. The molecule has 1 unspecified atom stereocenters. The van der Waals surface area contributed by atoms with Gasteiger partial charge in [0.25, 0.3) is 5.91 Å². The number of hydrogen-bond donors (Lipinski definition) is 0. The second-order valence-corrected chi connectivity index (χ2v) is 5.54. The van der Waals surface area contributed by atoms with E-state index in [1.54, 1.807) is 4.90 Å². The van der Waals surface area contributed by atoms with Gasteiger partial charge in [-0.05, 0) is 19.9 Å². The van der Waals surface area contributed by atoms with E-state index in [9.17, 15) is 9.18 Å². The second-order valence-electron chi connectivity index (χ2n) is 5.23. The topological polar surface area (TPSA) is 42.4 Å². The predicted molar refractivity (Wildman–Crippen MR) is 69.8 cm³/mol. The van der Waals surface area contributed by atoms with Crippen molar-refractivity contribution in [1.82, 2.24) is 9.88 Å². The molecule has 1 aromatic rings. The first-order chi connectivity index (χ1) is 8.91. The van der Waals surface area contributed by atoms with Crippen LogP contribution < -0.4 is 0 Å². The Hall–Kier alpha value is -1.20. The van der Waals surface area contributed by atoms with E-state index in [1.807, 2.05) is 13.8 Å². The zero-order chi connectivity index (χ0) is 14.0. The minimum absolute atomic E-state index is 0.212. The lowest BCUT2D eigenvalue weighted by Gasteiger charge is -2.42. The third kappa shape index (κ3) is 3.42. The molecule has 1 atom stereocenters. The first-order valence-corrected chi connectivity index (χ1v) is 6.58. The highest BCUT2D eigenvalue weighted by atomic mass is 35.5. The van der Waals surface area contributed by atoms with E-state index in [2.05, 4.69) is 4.98 Å². The van der Waals surface area contributed by atoms with E-state index in [0.29, 0.717) is 19.0 Å². The summed E-state index contributed by atoms with van der Waals surface area (Å²) < 4.78 is 18.9. The number of halogens is 2. The molecular weight excluding hydrogens is 271 g/mol. The standard InChI is InChI=1S/C13H16ClFN2O2/c1-13(2)8-17(7-11(4-14)19-13)12(18)9-3-10(15)6-16-5-9/h3,5-6,11H,4,7-8H2,1-2H3. The lowest BCUT2D eigenvalue weighted by molar-refractivity contribution is -0.117. The third-order valence-corrected chi connectivity index (χ3v) is 3.24. The molecule has 4 nitrogen and oxygen atoms in total. The Kier molecular flexibility index (Phi) is 4.06. The quantitative estimate of drug-likeness (QED) is 0.782. The lowest BCUT2D eigenvalue weighted by Crippen LogP contribution is -2.55. The van der Waals surface area contributed by atoms with Gasteiger partial charge in [-0.15, -0.1) is 11.6 Å². The summed E-state index contributed by atoms with van der Waals surface area (Å²) in [6.07, 6.45) is 2.22. The molecule has 0 saturated carbocycles. The molecule has 0 aromatic carbocycles. The van der Waals surface area contributed by atoms with Crippen molar-refractivity contribution in [3.8, 4) is 0 Å². The molecule has 1 aliphatic heterocycles. The van der Waals surface area contributed by atoms with Crippen LogP contribution in [0.2, 0.25) is 0 Å². The zero-order valence-corrected chi connectivity index (χ0v) is 11.7. The Labute approximate surface area is 116 Å². The van der Waals surface area contributed by atoms with Crippen LogP contribution in [0.25, 0.3) is 0 Å². The molecule has 0 aliphatic carbocycles. The van der Waals surface area contributed by atoms with E-state index in [0.717, 1.165) is 6.20 Å². The first-order valence-electron chi connectivity index (χ1n) is 6.05. The lowest BCUT2D eigenvalue weighted by atomic mass is 10.0. The van der Waals surface area contributed by atoms with Gasteiger partial charge in [0.1, 0.15) is 5.82 Å². The van der Waals surface area contributed by atoms with Crippen molar-refractivity contribution >= 4 is 17.5 Å². The van der Waals surface area contributed by atoms with Gasteiger partial charge in [-0.1, -0.05) is 0 Å². The number of aromatic nitrogens is 1. The average Bonchev–Trinajstić information content (AvgIpc) is 2.36. The van der Waals surface area contributed by atoms with Crippen molar-refractivity contribution in [1.29, 1.82) is 0 Å². The summed E-state index contributed by atoms with van der Waals surface area (Å²) in [5, 5.41) is 0. The van der Waals surface area contributed by atoms with Crippen LogP contribution in [0, 0.1) is 5.82 Å². The summed E-state index contributed by atoms with van der Waals surface area (Å²) in [5.74, 6) is -0.458. The molecule has 0 N–H and O–H groups in total. The van der Waals surface area contributed by atoms with Crippen LogP contribution in [0.15, 0.2) is 18.5 Å². The summed E-state index contributed by atoms with van der Waals surface area (Å²) in [5.41, 5.74) is -0.222. The molecule has 1 aliphatic rings. The molecule has 2 rings (SSSR count). The predicted octanol–water partition coefficient (Wildman–Crippen LogP) is 2.08. The Morgan fingerprint density at radius 3 is 3.00 bits per heavy atom. The Morgan fingerprint density at radius 1 is 1.63 bits per heavy atom. The number of pyridine rings is 1. The fourth-order valence-electron chi connectivity index (χ4n) is 2.24. The molecule has 0 radical (unpaired) electrons. The van der Waals surface area contributed by atoms with Crippen LogP contribution in [0.4, 0.5) is 4.39 Å². The number of ether oxygens (including phenoxy) is 1. The normalized spacial score (nSPS) is 22.3. The van der Waals surface area contributed by atoms with Crippen LogP contribution in [-0.2, 0) is 4.74 Å². The van der Waals surface area contributed by atoms with Crippen LogP contribution in [-0.4, -0.2) is 46.5 Å². The van der Waals surface area contributed by atoms with Gasteiger partial charge in [0, 0.05) is 19.3 Å². The molecule has 6 heteroatoms. The average molecular weight is 287 g/mol. The molecule has 0 bridgehead atoms. The maximum atomic E-state index is 13.1. The molecule has 0 spiro atoms. The summed E-state index contributed by atoms with van der Waals surface area (Å²) in [4.78, 5) is 17.6. The molecule has 19 heavy (non-hydrogen) atoms. The van der Waals surface area contributed by atoms with Gasteiger partial charge in [-0.2, -0.15) is 0 Å². The molecule has 1 saturated heterocycles. The van der Waals surface area contributed by atoms with Crippen molar-refractivity contribution in [2.45, 2.75) is 25.6 Å². The van der Waals surface area contributed by atoms with Crippen LogP contribution >= 0.6 is 11.6 Å². The monoisotopic (exact) mass is 286 g/mol. The number of alkyl halides is 1. The van der Waals surface area contributed by atoms with Crippen molar-refractivity contribution < 1.29 is 13.9 Å². The molecule has 1 aromatic heterocycles. The van der Waals surface area contributed by atoms with Gasteiger partial charge < -0.3 is 9.64 Å². The molecular formula is C13H16ClFN2O2. The van der Waals surface area contributed by atoms with Crippen LogP contribution in [0.3, 0.4) is 0 Å². The Bertz CT molecular complexity index is 481. The van der Waals surface area contributed by atoms with Crippen LogP contribution in [0.1, 0.15) is 24.2 Å². The highest BCUT2D eigenvalue weighted by molar-refractivity contribution is 6.18. The summed E-state index contributed by atoms with van der Waals surface area (Å²) in [6, 6.07) is 1.19. The second kappa shape index (κ2) is 5.43. The highest BCUT2D eigenvalue weighted by Gasteiger charge is 2.35. The number of amides is 1. The van der Waals surface area contributed by atoms with Crippen molar-refractivity contribution in [2.24, 2.45) is 0 Å². The zero-order valence-electron chi connectivity index (χ0n) is 10.9. The van der Waals surface area contributed by atoms with Crippen molar-refractivity contribution in [3.63, 3.8) is 0 Å². The van der Waals surface area contributed by atoms with Crippen molar-refractivity contribution in [2.75, 3.05) is 19.0 Å². The summed E-state index contributed by atoms with van der Waals surface area (Å²) in [7, 11) is 0. The highest BCUT2D eigenvalue weighted by Crippen LogP contribution is 2.23. The van der Waals surface area contributed by atoms with E-state index in [1.165, 1.54) is 12.3 Å². The fraction of sp³-hybridized carbons (Fsp3) is 0.538. The van der Waals surface area contributed by atoms with E-state index in [4.69, 9.17) is 16.3 Å². The minimum atomic E-state index is -0.521. The smallest absolute Gasteiger partial charge is 0.255 e. The van der Waals surface area contributed by atoms with Crippen molar-refractivity contribution in [3.05, 3.63) is 29.8 Å². The largest absolute Gasteiger partial charge is 0.367 e. The van der Waals surface area contributed by atoms with Crippen LogP contribution in [0.5, 0.6) is 0 Å². The maximum Gasteiger partial charge on any atom is 0.255 e. The fourth-order valence-corrected chi connectivity index (χ4v) is 2.40. The summed E-state index contributed by atoms with van der Waals surface area (Å²) >= 11 is 5.81. The summed E-state index contributed by atoms with van der Waals surface area (Å²) in [6.45, 7) is 4.64. The van der Waals surface area contributed by atoms with E-state index >= 15 is 0 Å². The maximum absolute atomic E-state index is 13.1. The molecule has 2 heterocycles. The number of morpholine rings is 1. The SMILES string of the molecule is CC1(C)CN(C(=O)c2cncc(F)c2)CC(CCl)O1. The molecule has 1 fully saturated rings. The number of carbonyl (C=O) groups is 1. The van der Waals surface area contributed by atoms with Gasteiger partial charge >= 0.3 is 0 Å². The van der Waals surface area contributed by atoms with Gasteiger partial charge in [0.05, 0.1) is 29.3 Å². The van der Waals surface area contributed by atoms with Gasteiger partial charge in [0.15, 0.2) is 0 Å². The van der Waals surface area contributed by atoms with E-state index < -0.39 is 11.4 Å². The first kappa shape index (κ1) is 14.2. The Balaban J connectivity index is 2.18. The third-order valence-electron chi connectivity index (χ3n) is 2.89. The van der Waals surface area contributed by atoms with Gasteiger partial charge in [-0.3, -0.25) is 9.78 Å².